The fraction of sp³-hybridized carbons (Fsp3) is 0.0870. The number of amides is 1. The number of rotatable bonds is 4. The summed E-state index contributed by atoms with van der Waals surface area (Å²) in [6.07, 6.45) is 3.32. The van der Waals surface area contributed by atoms with Crippen LogP contribution in [0.4, 0.5) is 8.78 Å². The highest BCUT2D eigenvalue weighted by atomic mass is 19.1. The molecule has 1 atom stereocenters. The molecule has 144 valence electrons. The lowest BCUT2D eigenvalue weighted by Gasteiger charge is -2.16. The van der Waals surface area contributed by atoms with Crippen LogP contribution >= 0.6 is 0 Å². The fourth-order valence-electron chi connectivity index (χ4n) is 3.24. The Kier molecular flexibility index (Phi) is 4.99. The smallest absolute Gasteiger partial charge is 0.252 e. The highest BCUT2D eigenvalue weighted by molar-refractivity contribution is 6.07. The number of aromatic nitrogens is 2. The van der Waals surface area contributed by atoms with E-state index in [1.54, 1.807) is 25.4 Å². The second-order valence-electron chi connectivity index (χ2n) is 6.67. The van der Waals surface area contributed by atoms with Crippen molar-refractivity contribution in [2.75, 3.05) is 0 Å². The van der Waals surface area contributed by atoms with E-state index < -0.39 is 17.7 Å². The van der Waals surface area contributed by atoms with Crippen LogP contribution in [0.25, 0.3) is 22.2 Å². The van der Waals surface area contributed by atoms with Crippen molar-refractivity contribution < 1.29 is 13.6 Å². The first kappa shape index (κ1) is 18.7. The number of nitrogens with one attached hydrogen (secondary N) is 1. The molecule has 0 fully saturated rings. The number of carbonyl (C=O) groups is 1. The molecular weight excluding hydrogens is 372 g/mol. The third kappa shape index (κ3) is 3.82. The molecule has 0 saturated heterocycles. The Morgan fingerprint density at radius 3 is 2.52 bits per heavy atom. The van der Waals surface area contributed by atoms with Gasteiger partial charge in [-0.1, -0.05) is 24.3 Å². The second-order valence-corrected chi connectivity index (χ2v) is 6.67. The molecular formula is C23H17F2N3O. The molecule has 0 aliphatic carbocycles. The van der Waals surface area contributed by atoms with Crippen molar-refractivity contribution in [3.05, 3.63) is 95.8 Å². The normalized spacial score (nSPS) is 12.0. The van der Waals surface area contributed by atoms with Crippen LogP contribution in [0.5, 0.6) is 0 Å². The first-order valence-electron chi connectivity index (χ1n) is 9.09. The van der Waals surface area contributed by atoms with Crippen LogP contribution in [-0.4, -0.2) is 15.9 Å². The van der Waals surface area contributed by atoms with Gasteiger partial charge in [-0.15, -0.1) is 0 Å². The van der Waals surface area contributed by atoms with Gasteiger partial charge in [0.1, 0.15) is 11.6 Å². The van der Waals surface area contributed by atoms with Crippen molar-refractivity contribution in [2.24, 2.45) is 0 Å². The first-order valence-corrected chi connectivity index (χ1v) is 9.09. The molecule has 0 aliphatic heterocycles. The SMILES string of the molecule is CC(NC(=O)c1cc(-c2ccncc2)nc2ccccc12)c1ccc(F)cc1F. The zero-order chi connectivity index (χ0) is 20.4. The molecule has 0 spiro atoms. The molecule has 2 aromatic carbocycles. The summed E-state index contributed by atoms with van der Waals surface area (Å²) in [7, 11) is 0. The zero-order valence-electron chi connectivity index (χ0n) is 15.6. The van der Waals surface area contributed by atoms with Gasteiger partial charge < -0.3 is 5.32 Å². The highest BCUT2D eigenvalue weighted by Gasteiger charge is 2.18. The van der Waals surface area contributed by atoms with E-state index in [2.05, 4.69) is 15.3 Å². The van der Waals surface area contributed by atoms with E-state index in [1.165, 1.54) is 12.1 Å². The standard InChI is InChI=1S/C23H17F2N3O/c1-14(17-7-6-16(24)12-20(17)25)27-23(29)19-13-22(15-8-10-26-11-9-15)28-21-5-3-2-4-18(19)21/h2-14H,1H3,(H,27,29). The van der Waals surface area contributed by atoms with Crippen molar-refractivity contribution in [2.45, 2.75) is 13.0 Å². The molecule has 2 heterocycles. The second kappa shape index (κ2) is 7.75. The van der Waals surface area contributed by atoms with Crippen LogP contribution in [0, 0.1) is 11.6 Å². The minimum Gasteiger partial charge on any atom is -0.345 e. The molecule has 2 aromatic heterocycles. The van der Waals surface area contributed by atoms with E-state index in [0.29, 0.717) is 22.2 Å². The number of hydrogen-bond acceptors (Lipinski definition) is 3. The third-order valence-corrected chi connectivity index (χ3v) is 4.71. The average Bonchev–Trinajstić information content (AvgIpc) is 2.73. The van der Waals surface area contributed by atoms with Crippen molar-refractivity contribution in [1.82, 2.24) is 15.3 Å². The van der Waals surface area contributed by atoms with Crippen LogP contribution in [-0.2, 0) is 0 Å². The molecule has 1 amide bonds. The quantitative estimate of drug-likeness (QED) is 0.530. The van der Waals surface area contributed by atoms with E-state index in [1.807, 2.05) is 36.4 Å². The highest BCUT2D eigenvalue weighted by Crippen LogP contribution is 2.25. The van der Waals surface area contributed by atoms with Gasteiger partial charge >= 0.3 is 0 Å². The Morgan fingerprint density at radius 2 is 1.76 bits per heavy atom. The zero-order valence-corrected chi connectivity index (χ0v) is 15.6. The van der Waals surface area contributed by atoms with Crippen molar-refractivity contribution in [1.29, 1.82) is 0 Å². The molecule has 4 nitrogen and oxygen atoms in total. The maximum atomic E-state index is 14.1. The molecule has 29 heavy (non-hydrogen) atoms. The molecule has 1 unspecified atom stereocenters. The first-order chi connectivity index (χ1) is 14.0. The number of carbonyl (C=O) groups excluding carboxylic acids is 1. The summed E-state index contributed by atoms with van der Waals surface area (Å²) in [5.74, 6) is -1.73. The lowest BCUT2D eigenvalue weighted by atomic mass is 10.0. The van der Waals surface area contributed by atoms with Gasteiger partial charge in [-0.3, -0.25) is 9.78 Å². The van der Waals surface area contributed by atoms with Gasteiger partial charge in [-0.25, -0.2) is 13.8 Å². The Labute approximate surface area is 166 Å². The van der Waals surface area contributed by atoms with Crippen molar-refractivity contribution in [3.63, 3.8) is 0 Å². The number of hydrogen-bond donors (Lipinski definition) is 1. The van der Waals surface area contributed by atoms with E-state index >= 15 is 0 Å². The van der Waals surface area contributed by atoms with Crippen molar-refractivity contribution in [3.8, 4) is 11.3 Å². The monoisotopic (exact) mass is 389 g/mol. The summed E-state index contributed by atoms with van der Waals surface area (Å²) in [6, 6.07) is 15.3. The number of halogens is 2. The van der Waals surface area contributed by atoms with Gasteiger partial charge in [-0.05, 0) is 37.3 Å². The summed E-state index contributed by atoms with van der Waals surface area (Å²) in [5, 5.41) is 3.49. The molecule has 4 aromatic rings. The summed E-state index contributed by atoms with van der Waals surface area (Å²) < 4.78 is 27.3. The van der Waals surface area contributed by atoms with Crippen LogP contribution < -0.4 is 5.32 Å². The summed E-state index contributed by atoms with van der Waals surface area (Å²) in [6.45, 7) is 1.65. The van der Waals surface area contributed by atoms with Gasteiger partial charge in [0.05, 0.1) is 22.8 Å². The van der Waals surface area contributed by atoms with Gasteiger partial charge in [0.15, 0.2) is 0 Å². The van der Waals surface area contributed by atoms with Gasteiger partial charge in [0.25, 0.3) is 5.91 Å². The molecule has 0 bridgehead atoms. The number of fused-ring (bicyclic) bond motifs is 1. The molecule has 6 heteroatoms. The Bertz CT molecular complexity index is 1200. The molecule has 0 aliphatic rings. The Morgan fingerprint density at radius 1 is 1.00 bits per heavy atom. The minimum absolute atomic E-state index is 0.215. The average molecular weight is 389 g/mol. The van der Waals surface area contributed by atoms with E-state index in [-0.39, 0.29) is 11.5 Å². The Balaban J connectivity index is 1.73. The van der Waals surface area contributed by atoms with Crippen LogP contribution in [0.2, 0.25) is 0 Å². The van der Waals surface area contributed by atoms with Gasteiger partial charge in [0, 0.05) is 35.0 Å². The van der Waals surface area contributed by atoms with Gasteiger partial charge in [0.2, 0.25) is 0 Å². The number of para-hydroxylation sites is 1. The van der Waals surface area contributed by atoms with Crippen LogP contribution in [0.3, 0.4) is 0 Å². The lowest BCUT2D eigenvalue weighted by Crippen LogP contribution is -2.27. The fourth-order valence-corrected chi connectivity index (χ4v) is 3.24. The van der Waals surface area contributed by atoms with E-state index in [9.17, 15) is 13.6 Å². The lowest BCUT2D eigenvalue weighted by molar-refractivity contribution is 0.0941. The van der Waals surface area contributed by atoms with Crippen molar-refractivity contribution >= 4 is 16.8 Å². The molecule has 1 N–H and O–H groups in total. The van der Waals surface area contributed by atoms with Gasteiger partial charge in [-0.2, -0.15) is 0 Å². The topological polar surface area (TPSA) is 54.9 Å². The maximum Gasteiger partial charge on any atom is 0.252 e. The maximum absolute atomic E-state index is 14.1. The molecule has 0 saturated carbocycles. The minimum atomic E-state index is -0.699. The van der Waals surface area contributed by atoms with E-state index in [0.717, 1.165) is 11.6 Å². The Hall–Kier alpha value is -3.67. The summed E-state index contributed by atoms with van der Waals surface area (Å²) >= 11 is 0. The summed E-state index contributed by atoms with van der Waals surface area (Å²) in [4.78, 5) is 21.7. The third-order valence-electron chi connectivity index (χ3n) is 4.71. The van der Waals surface area contributed by atoms with Crippen LogP contribution in [0.1, 0.15) is 28.9 Å². The number of pyridine rings is 2. The van der Waals surface area contributed by atoms with Crippen LogP contribution in [0.15, 0.2) is 73.1 Å². The number of benzene rings is 2. The number of nitrogens with zero attached hydrogens (tertiary/aromatic N) is 2. The predicted octanol–water partition coefficient (Wildman–Crippen LogP) is 5.07. The summed E-state index contributed by atoms with van der Waals surface area (Å²) in [5.41, 5.74) is 2.78. The predicted molar refractivity (Wildman–Crippen MR) is 107 cm³/mol. The van der Waals surface area contributed by atoms with E-state index in [4.69, 9.17) is 0 Å². The molecule has 0 radical (unpaired) electrons. The largest absolute Gasteiger partial charge is 0.345 e. The molecule has 4 rings (SSSR count).